The van der Waals surface area contributed by atoms with E-state index in [1.807, 2.05) is 19.9 Å². The molecule has 2 heterocycles. The number of anilines is 1. The molecule has 166 valence electrons. The predicted molar refractivity (Wildman–Crippen MR) is 123 cm³/mol. The summed E-state index contributed by atoms with van der Waals surface area (Å²) in [5, 5.41) is 7.77. The van der Waals surface area contributed by atoms with Crippen LogP contribution in [0.1, 0.15) is 23.2 Å². The van der Waals surface area contributed by atoms with Crippen LogP contribution in [-0.4, -0.2) is 34.8 Å². The van der Waals surface area contributed by atoms with Gasteiger partial charge in [0.15, 0.2) is 9.84 Å². The Morgan fingerprint density at radius 1 is 1.09 bits per heavy atom. The summed E-state index contributed by atoms with van der Waals surface area (Å²) < 4.78 is 40.5. The van der Waals surface area contributed by atoms with Crippen LogP contribution in [0.3, 0.4) is 0 Å². The number of sulfone groups is 1. The van der Waals surface area contributed by atoms with E-state index in [0.717, 1.165) is 27.9 Å². The molecule has 0 radical (unpaired) electrons. The molecule has 0 aliphatic rings. The van der Waals surface area contributed by atoms with Crippen molar-refractivity contribution in [3.8, 4) is 5.13 Å². The van der Waals surface area contributed by atoms with E-state index in [2.05, 4.69) is 21.5 Å². The monoisotopic (exact) mass is 472 g/mol. The number of thiazole rings is 1. The third kappa shape index (κ3) is 4.56. The number of nitrogens with one attached hydrogen (secondary N) is 1. The fourth-order valence-corrected chi connectivity index (χ4v) is 5.44. The number of benzene rings is 2. The van der Waals surface area contributed by atoms with Crippen molar-refractivity contribution >= 4 is 43.1 Å². The topological polar surface area (TPSA) is 94.0 Å². The first kappa shape index (κ1) is 22.1. The lowest BCUT2D eigenvalue weighted by Gasteiger charge is -2.07. The summed E-state index contributed by atoms with van der Waals surface area (Å²) >= 11 is 1.46. The van der Waals surface area contributed by atoms with Crippen LogP contribution in [0.25, 0.3) is 15.3 Å². The number of rotatable bonds is 6. The van der Waals surface area contributed by atoms with Crippen LogP contribution in [-0.2, 0) is 14.6 Å². The van der Waals surface area contributed by atoms with Crippen LogP contribution in [0.5, 0.6) is 0 Å². The molecule has 4 rings (SSSR count). The number of aryl methyl sites for hydroxylation is 3. The summed E-state index contributed by atoms with van der Waals surface area (Å²) in [6.45, 7) is 5.86. The maximum absolute atomic E-state index is 13.0. The fraction of sp³-hybridized carbons (Fsp3) is 0.227. The number of aromatic nitrogens is 3. The number of nitrogens with zero attached hydrogens (tertiary/aromatic N) is 3. The highest BCUT2D eigenvalue weighted by molar-refractivity contribution is 7.91. The molecule has 0 atom stereocenters. The van der Waals surface area contributed by atoms with Gasteiger partial charge in [0.25, 0.3) is 0 Å². The lowest BCUT2D eigenvalue weighted by atomic mass is 10.1. The Bertz CT molecular complexity index is 1380. The van der Waals surface area contributed by atoms with Crippen LogP contribution in [0.15, 0.2) is 47.4 Å². The molecule has 0 aliphatic carbocycles. The van der Waals surface area contributed by atoms with Crippen LogP contribution in [0, 0.1) is 26.6 Å². The minimum atomic E-state index is -3.71. The fourth-order valence-electron chi connectivity index (χ4n) is 3.18. The molecule has 32 heavy (non-hydrogen) atoms. The van der Waals surface area contributed by atoms with Gasteiger partial charge in [0, 0.05) is 12.5 Å². The molecule has 0 fully saturated rings. The minimum absolute atomic E-state index is 0.0207. The van der Waals surface area contributed by atoms with Crippen molar-refractivity contribution in [2.24, 2.45) is 0 Å². The Kier molecular flexibility index (Phi) is 5.83. The SMILES string of the molecule is Cc1cc(NC(=O)CCS(=O)(=O)c2ccc(F)cc2)n(-c2nc3cc(C)c(C)cc3s2)n1. The molecule has 0 unspecified atom stereocenters. The molecule has 0 spiro atoms. The van der Waals surface area contributed by atoms with Crippen molar-refractivity contribution in [1.29, 1.82) is 0 Å². The van der Waals surface area contributed by atoms with E-state index in [1.54, 1.807) is 17.7 Å². The molecule has 4 aromatic rings. The van der Waals surface area contributed by atoms with E-state index in [9.17, 15) is 17.6 Å². The van der Waals surface area contributed by atoms with E-state index < -0.39 is 27.3 Å². The van der Waals surface area contributed by atoms with Crippen LogP contribution < -0.4 is 5.32 Å². The second kappa shape index (κ2) is 8.44. The quantitative estimate of drug-likeness (QED) is 0.421. The van der Waals surface area contributed by atoms with Gasteiger partial charge in [-0.05, 0) is 68.3 Å². The Labute approximate surface area is 188 Å². The molecule has 7 nitrogen and oxygen atoms in total. The smallest absolute Gasteiger partial charge is 0.226 e. The van der Waals surface area contributed by atoms with Crippen molar-refractivity contribution < 1.29 is 17.6 Å². The number of halogens is 1. The Balaban J connectivity index is 1.52. The maximum atomic E-state index is 13.0. The Morgan fingerprint density at radius 3 is 2.50 bits per heavy atom. The molecule has 0 saturated heterocycles. The number of hydrogen-bond acceptors (Lipinski definition) is 6. The summed E-state index contributed by atoms with van der Waals surface area (Å²) in [7, 11) is -3.71. The van der Waals surface area contributed by atoms with Crippen LogP contribution in [0.2, 0.25) is 0 Å². The van der Waals surface area contributed by atoms with Gasteiger partial charge < -0.3 is 5.32 Å². The first-order valence-corrected chi connectivity index (χ1v) is 12.3. The number of amides is 1. The first-order chi connectivity index (χ1) is 15.1. The summed E-state index contributed by atoms with van der Waals surface area (Å²) in [6.07, 6.45) is -0.248. The van der Waals surface area contributed by atoms with E-state index in [0.29, 0.717) is 16.6 Å². The average molecular weight is 473 g/mol. The summed E-state index contributed by atoms with van der Waals surface area (Å²) in [4.78, 5) is 17.1. The van der Waals surface area contributed by atoms with E-state index in [-0.39, 0.29) is 11.3 Å². The van der Waals surface area contributed by atoms with E-state index >= 15 is 0 Å². The van der Waals surface area contributed by atoms with Gasteiger partial charge in [-0.3, -0.25) is 4.79 Å². The van der Waals surface area contributed by atoms with Gasteiger partial charge in [0.05, 0.1) is 26.6 Å². The third-order valence-electron chi connectivity index (χ3n) is 5.04. The van der Waals surface area contributed by atoms with Crippen LogP contribution in [0.4, 0.5) is 10.2 Å². The van der Waals surface area contributed by atoms with Gasteiger partial charge in [-0.1, -0.05) is 11.3 Å². The molecule has 1 amide bonds. The van der Waals surface area contributed by atoms with Gasteiger partial charge in [0.1, 0.15) is 11.6 Å². The van der Waals surface area contributed by atoms with Crippen molar-refractivity contribution in [3.63, 3.8) is 0 Å². The summed E-state index contributed by atoms with van der Waals surface area (Å²) in [6, 6.07) is 10.3. The van der Waals surface area contributed by atoms with E-state index in [1.165, 1.54) is 29.0 Å². The molecule has 2 aromatic heterocycles. The zero-order chi connectivity index (χ0) is 23.0. The van der Waals surface area contributed by atoms with Crippen molar-refractivity contribution in [2.45, 2.75) is 32.1 Å². The van der Waals surface area contributed by atoms with Gasteiger partial charge >= 0.3 is 0 Å². The van der Waals surface area contributed by atoms with Gasteiger partial charge in [-0.15, -0.1) is 0 Å². The predicted octanol–water partition coefficient (Wildman–Crippen LogP) is 4.35. The highest BCUT2D eigenvalue weighted by Crippen LogP contribution is 2.29. The standard InChI is InChI=1S/C22H21FN4O3S2/c1-13-10-18-19(11-14(13)2)31-22(24-18)27-20(12-15(3)26-27)25-21(28)8-9-32(29,30)17-6-4-16(23)5-7-17/h4-7,10-12H,8-9H2,1-3H3,(H,25,28). The average Bonchev–Trinajstić information content (AvgIpc) is 3.29. The van der Waals surface area contributed by atoms with Gasteiger partial charge in [0.2, 0.25) is 11.0 Å². The summed E-state index contributed by atoms with van der Waals surface area (Å²) in [5.74, 6) is -0.966. The van der Waals surface area contributed by atoms with Crippen LogP contribution >= 0.6 is 11.3 Å². The van der Waals surface area contributed by atoms with E-state index in [4.69, 9.17) is 0 Å². The zero-order valence-corrected chi connectivity index (χ0v) is 19.3. The van der Waals surface area contributed by atoms with Gasteiger partial charge in [-0.25, -0.2) is 17.8 Å². The molecule has 2 aromatic carbocycles. The highest BCUT2D eigenvalue weighted by atomic mass is 32.2. The molecule has 0 aliphatic heterocycles. The molecular formula is C22H21FN4O3S2. The molecule has 1 N–H and O–H groups in total. The second-order valence-electron chi connectivity index (χ2n) is 7.55. The van der Waals surface area contributed by atoms with Crippen molar-refractivity contribution in [1.82, 2.24) is 14.8 Å². The second-order valence-corrected chi connectivity index (χ2v) is 10.7. The lowest BCUT2D eigenvalue weighted by Crippen LogP contribution is -2.19. The summed E-state index contributed by atoms with van der Waals surface area (Å²) in [5.41, 5.74) is 3.84. The minimum Gasteiger partial charge on any atom is -0.310 e. The normalized spacial score (nSPS) is 11.8. The van der Waals surface area contributed by atoms with Crippen molar-refractivity contribution in [3.05, 3.63) is 65.1 Å². The highest BCUT2D eigenvalue weighted by Gasteiger charge is 2.19. The lowest BCUT2D eigenvalue weighted by molar-refractivity contribution is -0.115. The number of carbonyl (C=O) groups excluding carboxylic acids is 1. The zero-order valence-electron chi connectivity index (χ0n) is 17.7. The molecular weight excluding hydrogens is 451 g/mol. The Hall–Kier alpha value is -3.11. The third-order valence-corrected chi connectivity index (χ3v) is 7.77. The Morgan fingerprint density at radius 2 is 1.78 bits per heavy atom. The number of fused-ring (bicyclic) bond motifs is 1. The maximum Gasteiger partial charge on any atom is 0.226 e. The van der Waals surface area contributed by atoms with Gasteiger partial charge in [-0.2, -0.15) is 9.78 Å². The largest absolute Gasteiger partial charge is 0.310 e. The number of hydrogen-bond donors (Lipinski definition) is 1. The first-order valence-electron chi connectivity index (χ1n) is 9.85. The molecule has 10 heteroatoms. The van der Waals surface area contributed by atoms with Crippen molar-refractivity contribution in [2.75, 3.05) is 11.1 Å². The number of carbonyl (C=O) groups is 1. The molecule has 0 saturated carbocycles. The molecule has 0 bridgehead atoms.